The second-order valence-electron chi connectivity index (χ2n) is 5.25. The number of carbonyl (C=O) groups is 2. The molecule has 0 radical (unpaired) electrons. The zero-order chi connectivity index (χ0) is 15.3. The van der Waals surface area contributed by atoms with E-state index in [-0.39, 0.29) is 6.42 Å². The van der Waals surface area contributed by atoms with E-state index in [0.717, 1.165) is 6.20 Å². The number of aliphatic carboxylic acids is 1. The summed E-state index contributed by atoms with van der Waals surface area (Å²) in [6, 6.07) is -0.0480. The Labute approximate surface area is 116 Å². The van der Waals surface area contributed by atoms with Crippen LogP contribution in [0.1, 0.15) is 26.3 Å². The molecule has 1 aromatic heterocycles. The third-order valence-corrected chi connectivity index (χ3v) is 2.19. The Morgan fingerprint density at radius 3 is 2.60 bits per heavy atom. The van der Waals surface area contributed by atoms with Gasteiger partial charge >= 0.3 is 12.1 Å². The molecule has 1 amide bonds. The van der Waals surface area contributed by atoms with Crippen LogP contribution < -0.4 is 5.32 Å². The van der Waals surface area contributed by atoms with Gasteiger partial charge in [0.05, 0.1) is 6.20 Å². The zero-order valence-electron chi connectivity index (χ0n) is 11.5. The molecule has 0 aliphatic heterocycles. The van der Waals surface area contributed by atoms with Crippen LogP contribution in [0.5, 0.6) is 0 Å². The molecule has 0 aliphatic carbocycles. The molecule has 0 spiro atoms. The van der Waals surface area contributed by atoms with Crippen molar-refractivity contribution in [3.8, 4) is 0 Å². The molecule has 0 bridgehead atoms. The zero-order valence-corrected chi connectivity index (χ0v) is 11.5. The SMILES string of the molecule is CC(C)(C)OC(=O)NC(Cc1cncc(F)c1)C(=O)O. The fraction of sp³-hybridized carbons (Fsp3) is 0.462. The van der Waals surface area contributed by atoms with Crippen LogP contribution in [-0.2, 0) is 16.0 Å². The monoisotopic (exact) mass is 284 g/mol. The van der Waals surface area contributed by atoms with Crippen LogP contribution in [0.2, 0.25) is 0 Å². The van der Waals surface area contributed by atoms with Crippen LogP contribution in [0.25, 0.3) is 0 Å². The molecular formula is C13H17FN2O4. The number of carboxylic acid groups (broad SMARTS) is 1. The van der Waals surface area contributed by atoms with Crippen molar-refractivity contribution >= 4 is 12.1 Å². The first kappa shape index (κ1) is 15.9. The van der Waals surface area contributed by atoms with E-state index in [2.05, 4.69) is 10.3 Å². The van der Waals surface area contributed by atoms with Crippen LogP contribution in [0, 0.1) is 5.82 Å². The number of alkyl carbamates (subject to hydrolysis) is 1. The first-order valence-corrected chi connectivity index (χ1v) is 5.99. The smallest absolute Gasteiger partial charge is 0.408 e. The minimum atomic E-state index is -1.24. The van der Waals surface area contributed by atoms with Crippen LogP contribution in [0.3, 0.4) is 0 Å². The lowest BCUT2D eigenvalue weighted by Gasteiger charge is -2.22. The van der Waals surface area contributed by atoms with Gasteiger partial charge in [-0.2, -0.15) is 0 Å². The van der Waals surface area contributed by atoms with Crippen LogP contribution in [0.15, 0.2) is 18.5 Å². The first-order chi connectivity index (χ1) is 9.17. The fourth-order valence-electron chi connectivity index (χ4n) is 1.45. The molecule has 110 valence electrons. The van der Waals surface area contributed by atoms with Crippen molar-refractivity contribution in [3.05, 3.63) is 29.8 Å². The lowest BCUT2D eigenvalue weighted by molar-refractivity contribution is -0.139. The molecule has 1 unspecified atom stereocenters. The van der Waals surface area contributed by atoms with Gasteiger partial charge in [-0.05, 0) is 32.4 Å². The van der Waals surface area contributed by atoms with E-state index in [9.17, 15) is 14.0 Å². The van der Waals surface area contributed by atoms with Crippen molar-refractivity contribution < 1.29 is 23.8 Å². The maximum absolute atomic E-state index is 13.0. The van der Waals surface area contributed by atoms with Gasteiger partial charge in [0.25, 0.3) is 0 Å². The highest BCUT2D eigenvalue weighted by molar-refractivity contribution is 5.80. The number of pyridine rings is 1. The van der Waals surface area contributed by atoms with E-state index in [4.69, 9.17) is 9.84 Å². The molecule has 0 aliphatic rings. The largest absolute Gasteiger partial charge is 0.480 e. The second kappa shape index (κ2) is 6.31. The summed E-state index contributed by atoms with van der Waals surface area (Å²) in [7, 11) is 0. The Morgan fingerprint density at radius 1 is 1.45 bits per heavy atom. The van der Waals surface area contributed by atoms with Crippen molar-refractivity contribution in [2.24, 2.45) is 0 Å². The molecular weight excluding hydrogens is 267 g/mol. The van der Waals surface area contributed by atoms with Crippen molar-refractivity contribution in [2.75, 3.05) is 0 Å². The average Bonchev–Trinajstić information content (AvgIpc) is 2.25. The number of rotatable bonds is 4. The van der Waals surface area contributed by atoms with Gasteiger partial charge in [-0.25, -0.2) is 14.0 Å². The van der Waals surface area contributed by atoms with Crippen LogP contribution in [0.4, 0.5) is 9.18 Å². The molecule has 1 rings (SSSR count). The number of aromatic nitrogens is 1. The average molecular weight is 284 g/mol. The summed E-state index contributed by atoms with van der Waals surface area (Å²) >= 11 is 0. The molecule has 7 heteroatoms. The molecule has 0 aromatic carbocycles. The van der Waals surface area contributed by atoms with Crippen LogP contribution >= 0.6 is 0 Å². The molecule has 20 heavy (non-hydrogen) atoms. The predicted octanol–water partition coefficient (Wildman–Crippen LogP) is 1.74. The van der Waals surface area contributed by atoms with E-state index in [0.29, 0.717) is 5.56 Å². The number of amides is 1. The first-order valence-electron chi connectivity index (χ1n) is 5.99. The van der Waals surface area contributed by atoms with Crippen molar-refractivity contribution in [3.63, 3.8) is 0 Å². The van der Waals surface area contributed by atoms with Crippen molar-refractivity contribution in [1.82, 2.24) is 10.3 Å². The van der Waals surface area contributed by atoms with Gasteiger partial charge < -0.3 is 15.2 Å². The topological polar surface area (TPSA) is 88.5 Å². The minimum absolute atomic E-state index is 0.0840. The van der Waals surface area contributed by atoms with Gasteiger partial charge in [0.15, 0.2) is 0 Å². The number of hydrogen-bond acceptors (Lipinski definition) is 4. The maximum atomic E-state index is 13.0. The summed E-state index contributed by atoms with van der Waals surface area (Å²) in [6.07, 6.45) is 1.43. The quantitative estimate of drug-likeness (QED) is 0.879. The van der Waals surface area contributed by atoms with Gasteiger partial charge in [0.1, 0.15) is 17.5 Å². The Bertz CT molecular complexity index is 499. The maximum Gasteiger partial charge on any atom is 0.408 e. The molecule has 6 nitrogen and oxygen atoms in total. The summed E-state index contributed by atoms with van der Waals surface area (Å²) in [4.78, 5) is 26.3. The number of carbonyl (C=O) groups excluding carboxylic acids is 1. The van der Waals surface area contributed by atoms with E-state index in [1.54, 1.807) is 20.8 Å². The highest BCUT2D eigenvalue weighted by Gasteiger charge is 2.24. The summed E-state index contributed by atoms with van der Waals surface area (Å²) in [5.74, 6) is -1.80. The van der Waals surface area contributed by atoms with Gasteiger partial charge in [0, 0.05) is 12.6 Å². The van der Waals surface area contributed by atoms with E-state index in [1.807, 2.05) is 0 Å². The van der Waals surface area contributed by atoms with Gasteiger partial charge in [-0.1, -0.05) is 0 Å². The summed E-state index contributed by atoms with van der Waals surface area (Å²) in [5.41, 5.74) is -0.360. The molecule has 0 fully saturated rings. The molecule has 0 saturated heterocycles. The second-order valence-corrected chi connectivity index (χ2v) is 5.25. The van der Waals surface area contributed by atoms with E-state index >= 15 is 0 Å². The van der Waals surface area contributed by atoms with Crippen molar-refractivity contribution in [2.45, 2.75) is 38.8 Å². The van der Waals surface area contributed by atoms with E-state index < -0.39 is 29.5 Å². The highest BCUT2D eigenvalue weighted by Crippen LogP contribution is 2.09. The van der Waals surface area contributed by atoms with Gasteiger partial charge in [-0.3, -0.25) is 4.98 Å². The highest BCUT2D eigenvalue weighted by atomic mass is 19.1. The molecule has 2 N–H and O–H groups in total. The third kappa shape index (κ3) is 5.64. The lowest BCUT2D eigenvalue weighted by Crippen LogP contribution is -2.44. The Balaban J connectivity index is 2.71. The number of halogens is 1. The molecule has 0 saturated carbocycles. The number of carboxylic acids is 1. The fourth-order valence-corrected chi connectivity index (χ4v) is 1.45. The van der Waals surface area contributed by atoms with E-state index in [1.165, 1.54) is 12.3 Å². The Kier molecular flexibility index (Phi) is 5.01. The molecule has 1 heterocycles. The summed E-state index contributed by atoms with van der Waals surface area (Å²) in [6.45, 7) is 5.00. The molecule has 1 atom stereocenters. The van der Waals surface area contributed by atoms with Crippen molar-refractivity contribution in [1.29, 1.82) is 0 Å². The number of hydrogen-bond donors (Lipinski definition) is 2. The third-order valence-electron chi connectivity index (χ3n) is 2.19. The molecule has 1 aromatic rings. The number of nitrogens with one attached hydrogen (secondary N) is 1. The lowest BCUT2D eigenvalue weighted by atomic mass is 10.1. The predicted molar refractivity (Wildman–Crippen MR) is 68.7 cm³/mol. The number of ether oxygens (including phenoxy) is 1. The summed E-state index contributed by atoms with van der Waals surface area (Å²) < 4.78 is 18.0. The van der Waals surface area contributed by atoms with Crippen LogP contribution in [-0.4, -0.2) is 33.8 Å². The Hall–Kier alpha value is -2.18. The normalized spacial score (nSPS) is 12.6. The Morgan fingerprint density at radius 2 is 2.10 bits per heavy atom. The van der Waals surface area contributed by atoms with Gasteiger partial charge in [-0.15, -0.1) is 0 Å². The van der Waals surface area contributed by atoms with Gasteiger partial charge in [0.2, 0.25) is 0 Å². The number of nitrogens with zero attached hydrogens (tertiary/aromatic N) is 1. The summed E-state index contributed by atoms with van der Waals surface area (Å²) in [5, 5.41) is 11.3. The standard InChI is InChI=1S/C13H17FN2O4/c1-13(2,3)20-12(19)16-10(11(17)18)5-8-4-9(14)7-15-6-8/h4,6-7,10H,5H2,1-3H3,(H,16,19)(H,17,18). The minimum Gasteiger partial charge on any atom is -0.480 e.